The molecule has 0 radical (unpaired) electrons. The highest BCUT2D eigenvalue weighted by Crippen LogP contribution is 2.24. The van der Waals surface area contributed by atoms with Crippen LogP contribution in [0.15, 0.2) is 30.9 Å². The van der Waals surface area contributed by atoms with Crippen molar-refractivity contribution in [3.63, 3.8) is 0 Å². The number of ether oxygens (including phenoxy) is 1. The molecule has 0 aliphatic rings. The van der Waals surface area contributed by atoms with Crippen LogP contribution < -0.4 is 5.73 Å². The van der Waals surface area contributed by atoms with Gasteiger partial charge in [-0.05, 0) is 18.6 Å². The summed E-state index contributed by atoms with van der Waals surface area (Å²) in [4.78, 5) is 8.39. The molecule has 2 aromatic heterocycles. The second-order valence-corrected chi connectivity index (χ2v) is 4.56. The van der Waals surface area contributed by atoms with Gasteiger partial charge in [0.15, 0.2) is 0 Å². The largest absolute Gasteiger partial charge is 0.384 e. The Balaban J connectivity index is 2.32. The summed E-state index contributed by atoms with van der Waals surface area (Å²) in [5.74, 6) is 0.525. The van der Waals surface area contributed by atoms with Gasteiger partial charge in [-0.15, -0.1) is 0 Å². The lowest BCUT2D eigenvalue weighted by Gasteiger charge is -2.19. The SMILES string of the molecule is CCCC(COC)n1cncc1-c1ccc(N)nc1. The number of nitrogen functional groups attached to an aromatic ring is 1. The third-order valence-electron chi connectivity index (χ3n) is 3.12. The van der Waals surface area contributed by atoms with Crippen LogP contribution in [0.25, 0.3) is 11.3 Å². The zero-order chi connectivity index (χ0) is 13.7. The molecule has 0 aromatic carbocycles. The quantitative estimate of drug-likeness (QED) is 0.866. The highest BCUT2D eigenvalue weighted by Gasteiger charge is 2.14. The van der Waals surface area contributed by atoms with E-state index in [1.54, 1.807) is 19.4 Å². The summed E-state index contributed by atoms with van der Waals surface area (Å²) in [6.07, 6.45) is 7.64. The fourth-order valence-corrected chi connectivity index (χ4v) is 2.20. The monoisotopic (exact) mass is 260 g/mol. The summed E-state index contributed by atoms with van der Waals surface area (Å²) in [5.41, 5.74) is 7.68. The predicted octanol–water partition coefficient (Wildman–Crippen LogP) is 2.51. The molecule has 0 bridgehead atoms. The van der Waals surface area contributed by atoms with Crippen molar-refractivity contribution in [2.24, 2.45) is 0 Å². The molecule has 0 spiro atoms. The minimum atomic E-state index is 0.296. The van der Waals surface area contributed by atoms with Crippen LogP contribution in [0.5, 0.6) is 0 Å². The molecule has 2 rings (SSSR count). The molecular weight excluding hydrogens is 240 g/mol. The van der Waals surface area contributed by atoms with Crippen LogP contribution in [0, 0.1) is 0 Å². The van der Waals surface area contributed by atoms with Crippen molar-refractivity contribution in [1.82, 2.24) is 14.5 Å². The first kappa shape index (κ1) is 13.5. The summed E-state index contributed by atoms with van der Waals surface area (Å²) in [7, 11) is 1.73. The van der Waals surface area contributed by atoms with Crippen LogP contribution in [-0.2, 0) is 4.74 Å². The average molecular weight is 260 g/mol. The van der Waals surface area contributed by atoms with E-state index in [0.717, 1.165) is 24.1 Å². The van der Waals surface area contributed by atoms with Gasteiger partial charge in [-0.2, -0.15) is 0 Å². The predicted molar refractivity (Wildman–Crippen MR) is 75.7 cm³/mol. The number of nitrogens with two attached hydrogens (primary N) is 1. The zero-order valence-electron chi connectivity index (χ0n) is 11.4. The van der Waals surface area contributed by atoms with E-state index < -0.39 is 0 Å². The first-order valence-corrected chi connectivity index (χ1v) is 6.49. The van der Waals surface area contributed by atoms with E-state index in [2.05, 4.69) is 21.5 Å². The summed E-state index contributed by atoms with van der Waals surface area (Å²) in [6, 6.07) is 4.06. The lowest BCUT2D eigenvalue weighted by atomic mass is 10.1. The Morgan fingerprint density at radius 2 is 2.21 bits per heavy atom. The van der Waals surface area contributed by atoms with Gasteiger partial charge in [0.1, 0.15) is 5.82 Å². The van der Waals surface area contributed by atoms with Crippen molar-refractivity contribution in [2.75, 3.05) is 19.5 Å². The Bertz CT molecular complexity index is 500. The minimum absolute atomic E-state index is 0.296. The number of pyridine rings is 1. The van der Waals surface area contributed by atoms with Crippen molar-refractivity contribution >= 4 is 5.82 Å². The number of imidazole rings is 1. The molecule has 0 saturated heterocycles. The maximum atomic E-state index is 5.62. The standard InChI is InChI=1S/C14H20N4O/c1-3-4-12(9-19-2)18-10-16-8-13(18)11-5-6-14(15)17-7-11/h5-8,10,12H,3-4,9H2,1-2H3,(H2,15,17). The number of methoxy groups -OCH3 is 1. The van der Waals surface area contributed by atoms with E-state index in [1.165, 1.54) is 0 Å². The number of hydrogen-bond donors (Lipinski definition) is 1. The highest BCUT2D eigenvalue weighted by atomic mass is 16.5. The van der Waals surface area contributed by atoms with Crippen molar-refractivity contribution < 1.29 is 4.74 Å². The van der Waals surface area contributed by atoms with Crippen molar-refractivity contribution in [3.05, 3.63) is 30.9 Å². The highest BCUT2D eigenvalue weighted by molar-refractivity contribution is 5.59. The van der Waals surface area contributed by atoms with E-state index >= 15 is 0 Å². The first-order valence-electron chi connectivity index (χ1n) is 6.49. The summed E-state index contributed by atoms with van der Waals surface area (Å²) >= 11 is 0. The molecule has 0 aliphatic carbocycles. The summed E-state index contributed by atoms with van der Waals surface area (Å²) < 4.78 is 7.46. The van der Waals surface area contributed by atoms with E-state index in [9.17, 15) is 0 Å². The van der Waals surface area contributed by atoms with Crippen LogP contribution in [0.3, 0.4) is 0 Å². The average Bonchev–Trinajstić information content (AvgIpc) is 2.88. The topological polar surface area (TPSA) is 66.0 Å². The molecule has 102 valence electrons. The maximum Gasteiger partial charge on any atom is 0.123 e. The second-order valence-electron chi connectivity index (χ2n) is 4.56. The molecule has 5 nitrogen and oxygen atoms in total. The van der Waals surface area contributed by atoms with Crippen molar-refractivity contribution in [3.8, 4) is 11.3 Å². The molecule has 5 heteroatoms. The van der Waals surface area contributed by atoms with Crippen LogP contribution in [0.2, 0.25) is 0 Å². The van der Waals surface area contributed by atoms with Gasteiger partial charge in [0.2, 0.25) is 0 Å². The smallest absolute Gasteiger partial charge is 0.123 e. The number of nitrogens with zero attached hydrogens (tertiary/aromatic N) is 3. The molecule has 0 amide bonds. The molecule has 2 aromatic rings. The lowest BCUT2D eigenvalue weighted by molar-refractivity contribution is 0.151. The lowest BCUT2D eigenvalue weighted by Crippen LogP contribution is -2.14. The fourth-order valence-electron chi connectivity index (χ4n) is 2.20. The molecule has 0 aliphatic heterocycles. The van der Waals surface area contributed by atoms with E-state index in [0.29, 0.717) is 18.5 Å². The zero-order valence-corrected chi connectivity index (χ0v) is 11.4. The summed E-state index contributed by atoms with van der Waals surface area (Å²) in [6.45, 7) is 2.85. The molecule has 0 fully saturated rings. The summed E-state index contributed by atoms with van der Waals surface area (Å²) in [5, 5.41) is 0. The van der Waals surface area contributed by atoms with Crippen LogP contribution in [0.1, 0.15) is 25.8 Å². The molecule has 19 heavy (non-hydrogen) atoms. The molecule has 0 saturated carbocycles. The second kappa shape index (κ2) is 6.33. The first-order chi connectivity index (χ1) is 9.26. The van der Waals surface area contributed by atoms with Crippen molar-refractivity contribution in [1.29, 1.82) is 0 Å². The number of anilines is 1. The molecule has 1 atom stereocenters. The van der Waals surface area contributed by atoms with Crippen LogP contribution >= 0.6 is 0 Å². The van der Waals surface area contributed by atoms with Gasteiger partial charge < -0.3 is 15.0 Å². The minimum Gasteiger partial charge on any atom is -0.384 e. The Hall–Kier alpha value is -1.88. The molecular formula is C14H20N4O. The molecule has 2 heterocycles. The Labute approximate surface area is 113 Å². The normalized spacial score (nSPS) is 12.5. The molecule has 1 unspecified atom stereocenters. The van der Waals surface area contributed by atoms with Gasteiger partial charge in [0.05, 0.1) is 30.9 Å². The Morgan fingerprint density at radius 3 is 2.84 bits per heavy atom. The van der Waals surface area contributed by atoms with Gasteiger partial charge in [0.25, 0.3) is 0 Å². The number of aromatic nitrogens is 3. The maximum absolute atomic E-state index is 5.62. The van der Waals surface area contributed by atoms with Gasteiger partial charge in [0, 0.05) is 18.9 Å². The Morgan fingerprint density at radius 1 is 1.37 bits per heavy atom. The van der Waals surface area contributed by atoms with Crippen LogP contribution in [0.4, 0.5) is 5.82 Å². The third-order valence-corrected chi connectivity index (χ3v) is 3.12. The van der Waals surface area contributed by atoms with Gasteiger partial charge >= 0.3 is 0 Å². The van der Waals surface area contributed by atoms with E-state index in [1.807, 2.05) is 18.6 Å². The number of rotatable bonds is 6. The van der Waals surface area contributed by atoms with Gasteiger partial charge in [-0.25, -0.2) is 9.97 Å². The Kier molecular flexibility index (Phi) is 4.52. The molecule has 2 N–H and O–H groups in total. The van der Waals surface area contributed by atoms with Gasteiger partial charge in [-0.3, -0.25) is 0 Å². The number of hydrogen-bond acceptors (Lipinski definition) is 4. The third kappa shape index (κ3) is 3.12. The van der Waals surface area contributed by atoms with E-state index in [4.69, 9.17) is 10.5 Å². The fraction of sp³-hybridized carbons (Fsp3) is 0.429. The van der Waals surface area contributed by atoms with Gasteiger partial charge in [-0.1, -0.05) is 13.3 Å². The van der Waals surface area contributed by atoms with Crippen molar-refractivity contribution in [2.45, 2.75) is 25.8 Å². The van der Waals surface area contributed by atoms with E-state index in [-0.39, 0.29) is 0 Å². The van der Waals surface area contributed by atoms with Crippen LogP contribution in [-0.4, -0.2) is 28.3 Å².